The first-order valence-electron chi connectivity index (χ1n) is 4.49. The molecular weight excluding hydrogens is 132 g/mol. The quantitative estimate of drug-likeness (QED) is 0.564. The Labute approximate surface area is 70.0 Å². The Kier molecular flexibility index (Phi) is 2.53. The van der Waals surface area contributed by atoms with Crippen molar-refractivity contribution in [3.8, 4) is 0 Å². The molecule has 0 spiro atoms. The smallest absolute Gasteiger partial charge is 0.0205 e. The molecule has 0 heterocycles. The molecule has 0 nitrogen and oxygen atoms in total. The van der Waals surface area contributed by atoms with Gasteiger partial charge in [-0.2, -0.15) is 0 Å². The highest BCUT2D eigenvalue weighted by atomic mass is 14.2. The second kappa shape index (κ2) is 3.25. The zero-order valence-corrected chi connectivity index (χ0v) is 7.85. The fourth-order valence-electron chi connectivity index (χ4n) is 1.50. The van der Waals surface area contributed by atoms with Crippen LogP contribution < -0.4 is 0 Å². The Balaban J connectivity index is 2.61. The average Bonchev–Trinajstić information content (AvgIpc) is 2.34. The van der Waals surface area contributed by atoms with E-state index >= 15 is 0 Å². The van der Waals surface area contributed by atoms with Gasteiger partial charge < -0.3 is 0 Å². The molecular formula is C11H18. The van der Waals surface area contributed by atoms with Crippen LogP contribution in [0.5, 0.6) is 0 Å². The summed E-state index contributed by atoms with van der Waals surface area (Å²) in [5.41, 5.74) is 2.91. The first-order valence-corrected chi connectivity index (χ1v) is 4.49. The van der Waals surface area contributed by atoms with Gasteiger partial charge in [-0.05, 0) is 24.7 Å². The molecule has 0 aromatic rings. The number of rotatable bonds is 2. The van der Waals surface area contributed by atoms with E-state index in [4.69, 9.17) is 0 Å². The molecule has 0 saturated carbocycles. The van der Waals surface area contributed by atoms with E-state index in [9.17, 15) is 0 Å². The third kappa shape index (κ3) is 1.95. The molecule has 0 saturated heterocycles. The lowest BCUT2D eigenvalue weighted by Crippen LogP contribution is -2.05. The van der Waals surface area contributed by atoms with Gasteiger partial charge in [0.05, 0.1) is 0 Å². The van der Waals surface area contributed by atoms with Crippen LogP contribution in [-0.2, 0) is 0 Å². The molecule has 0 bridgehead atoms. The van der Waals surface area contributed by atoms with Crippen LogP contribution in [0, 0.1) is 11.8 Å². The van der Waals surface area contributed by atoms with Crippen LogP contribution in [0.15, 0.2) is 23.8 Å². The molecule has 0 amide bonds. The van der Waals surface area contributed by atoms with Crippen molar-refractivity contribution in [3.05, 3.63) is 23.8 Å². The van der Waals surface area contributed by atoms with Crippen LogP contribution in [0.4, 0.5) is 0 Å². The second-order valence-corrected chi connectivity index (χ2v) is 3.91. The average molecular weight is 150 g/mol. The minimum atomic E-state index is 0.745. The van der Waals surface area contributed by atoms with Crippen molar-refractivity contribution in [2.45, 2.75) is 33.6 Å². The fourth-order valence-corrected chi connectivity index (χ4v) is 1.50. The summed E-state index contributed by atoms with van der Waals surface area (Å²) in [6.45, 7) is 10.9. The molecule has 1 rings (SSSR count). The minimum Gasteiger partial charge on any atom is -0.0958 e. The highest BCUT2D eigenvalue weighted by molar-refractivity contribution is 5.29. The summed E-state index contributed by atoms with van der Waals surface area (Å²) in [5, 5.41) is 0. The van der Waals surface area contributed by atoms with E-state index in [1.54, 1.807) is 5.57 Å². The molecule has 1 atom stereocenters. The van der Waals surface area contributed by atoms with Gasteiger partial charge in [0.1, 0.15) is 0 Å². The van der Waals surface area contributed by atoms with Gasteiger partial charge >= 0.3 is 0 Å². The summed E-state index contributed by atoms with van der Waals surface area (Å²) in [4.78, 5) is 0. The Hall–Kier alpha value is -0.520. The molecule has 11 heavy (non-hydrogen) atoms. The van der Waals surface area contributed by atoms with Crippen molar-refractivity contribution in [2.24, 2.45) is 11.8 Å². The maximum Gasteiger partial charge on any atom is -0.0205 e. The number of allylic oxidation sites excluding steroid dienone is 3. The van der Waals surface area contributed by atoms with E-state index in [0.717, 1.165) is 11.8 Å². The third-order valence-corrected chi connectivity index (χ3v) is 2.71. The molecule has 0 aliphatic heterocycles. The third-order valence-electron chi connectivity index (χ3n) is 2.71. The lowest BCUT2D eigenvalue weighted by molar-refractivity contribution is 0.471. The van der Waals surface area contributed by atoms with Crippen LogP contribution in [0.3, 0.4) is 0 Å². The van der Waals surface area contributed by atoms with Crippen molar-refractivity contribution < 1.29 is 0 Å². The molecule has 0 aromatic carbocycles. The van der Waals surface area contributed by atoms with Crippen LogP contribution in [0.2, 0.25) is 0 Å². The van der Waals surface area contributed by atoms with E-state index in [1.165, 1.54) is 18.4 Å². The van der Waals surface area contributed by atoms with E-state index in [0.29, 0.717) is 0 Å². The fraction of sp³-hybridized carbons (Fsp3) is 0.636. The standard InChI is InChI=1S/C11H18/c1-8(2)10(4)11-6-5-9(3)7-11/h7-8,10H,3,5-6H2,1-2,4H3. The lowest BCUT2D eigenvalue weighted by Gasteiger charge is -2.16. The summed E-state index contributed by atoms with van der Waals surface area (Å²) in [5.74, 6) is 1.52. The van der Waals surface area contributed by atoms with Crippen LogP contribution >= 0.6 is 0 Å². The van der Waals surface area contributed by atoms with Crippen molar-refractivity contribution in [2.75, 3.05) is 0 Å². The molecule has 0 aromatic heterocycles. The number of hydrogen-bond acceptors (Lipinski definition) is 0. The zero-order chi connectivity index (χ0) is 8.43. The molecule has 62 valence electrons. The van der Waals surface area contributed by atoms with Gasteiger partial charge in [-0.3, -0.25) is 0 Å². The van der Waals surface area contributed by atoms with Gasteiger partial charge in [0, 0.05) is 0 Å². The van der Waals surface area contributed by atoms with Gasteiger partial charge in [-0.25, -0.2) is 0 Å². The summed E-state index contributed by atoms with van der Waals surface area (Å²) < 4.78 is 0. The predicted octanol–water partition coefficient (Wildman–Crippen LogP) is 3.55. The Morgan fingerprint density at radius 2 is 1.91 bits per heavy atom. The van der Waals surface area contributed by atoms with Crippen molar-refractivity contribution in [3.63, 3.8) is 0 Å². The SMILES string of the molecule is C=C1C=C(C(C)C(C)C)CC1. The minimum absolute atomic E-state index is 0.745. The van der Waals surface area contributed by atoms with Crippen molar-refractivity contribution in [1.29, 1.82) is 0 Å². The van der Waals surface area contributed by atoms with Crippen molar-refractivity contribution in [1.82, 2.24) is 0 Å². The Morgan fingerprint density at radius 3 is 2.27 bits per heavy atom. The predicted molar refractivity (Wildman–Crippen MR) is 50.5 cm³/mol. The monoisotopic (exact) mass is 150 g/mol. The summed E-state index contributed by atoms with van der Waals surface area (Å²) >= 11 is 0. The normalized spacial score (nSPS) is 20.7. The molecule has 1 aliphatic rings. The van der Waals surface area contributed by atoms with E-state index in [-0.39, 0.29) is 0 Å². The molecule has 0 N–H and O–H groups in total. The largest absolute Gasteiger partial charge is 0.0958 e. The van der Waals surface area contributed by atoms with Crippen LogP contribution in [-0.4, -0.2) is 0 Å². The van der Waals surface area contributed by atoms with E-state index < -0.39 is 0 Å². The first kappa shape index (κ1) is 8.58. The van der Waals surface area contributed by atoms with Crippen LogP contribution in [0.25, 0.3) is 0 Å². The van der Waals surface area contributed by atoms with Gasteiger partial charge in [0.2, 0.25) is 0 Å². The maximum atomic E-state index is 3.97. The summed E-state index contributed by atoms with van der Waals surface area (Å²) in [7, 11) is 0. The van der Waals surface area contributed by atoms with Gasteiger partial charge in [-0.15, -0.1) is 0 Å². The van der Waals surface area contributed by atoms with E-state index in [2.05, 4.69) is 33.4 Å². The molecule has 0 fully saturated rings. The summed E-state index contributed by atoms with van der Waals surface area (Å²) in [6.07, 6.45) is 4.72. The summed E-state index contributed by atoms with van der Waals surface area (Å²) in [6, 6.07) is 0. The zero-order valence-electron chi connectivity index (χ0n) is 7.85. The van der Waals surface area contributed by atoms with Crippen molar-refractivity contribution >= 4 is 0 Å². The highest BCUT2D eigenvalue weighted by Crippen LogP contribution is 2.31. The maximum absolute atomic E-state index is 3.97. The van der Waals surface area contributed by atoms with Gasteiger partial charge in [0.25, 0.3) is 0 Å². The Morgan fingerprint density at radius 1 is 1.27 bits per heavy atom. The van der Waals surface area contributed by atoms with E-state index in [1.807, 2.05) is 0 Å². The van der Waals surface area contributed by atoms with Crippen LogP contribution in [0.1, 0.15) is 33.6 Å². The molecule has 1 aliphatic carbocycles. The first-order chi connectivity index (χ1) is 5.11. The molecule has 1 unspecified atom stereocenters. The number of hydrogen-bond donors (Lipinski definition) is 0. The topological polar surface area (TPSA) is 0 Å². The van der Waals surface area contributed by atoms with Gasteiger partial charge in [-0.1, -0.05) is 44.6 Å². The Bertz CT molecular complexity index is 184. The highest BCUT2D eigenvalue weighted by Gasteiger charge is 2.16. The lowest BCUT2D eigenvalue weighted by atomic mass is 9.90. The van der Waals surface area contributed by atoms with Gasteiger partial charge in [0.15, 0.2) is 0 Å². The molecule has 0 heteroatoms. The molecule has 0 radical (unpaired) electrons. The second-order valence-electron chi connectivity index (χ2n) is 3.91.